The molecule has 0 bridgehead atoms. The first kappa shape index (κ1) is 18.0. The number of hydrogen-bond donors (Lipinski definition) is 2. The highest BCUT2D eigenvalue weighted by Crippen LogP contribution is 2.28. The molecule has 2 N–H and O–H groups in total. The predicted octanol–water partition coefficient (Wildman–Crippen LogP) is 3.39. The van der Waals surface area contributed by atoms with E-state index in [-0.39, 0.29) is 15.7 Å². The minimum Gasteiger partial charge on any atom is -0.328 e. The van der Waals surface area contributed by atoms with Crippen molar-refractivity contribution in [3.8, 4) is 5.95 Å². The first-order valence-corrected chi connectivity index (χ1v) is 8.10. The number of urea groups is 1. The highest BCUT2D eigenvalue weighted by atomic mass is 35.5. The number of nitrogens with zero attached hydrogens (tertiary/aromatic N) is 5. The molecule has 0 saturated carbocycles. The van der Waals surface area contributed by atoms with Crippen molar-refractivity contribution in [3.63, 3.8) is 0 Å². The van der Waals surface area contributed by atoms with Crippen molar-refractivity contribution in [1.29, 1.82) is 0 Å². The topological polar surface area (TPSA) is 97.6 Å². The van der Waals surface area contributed by atoms with E-state index in [0.29, 0.717) is 11.8 Å². The van der Waals surface area contributed by atoms with Gasteiger partial charge in [-0.05, 0) is 25.1 Å². The number of benzene rings is 1. The molecule has 1 aromatic carbocycles. The maximum absolute atomic E-state index is 13.9. The zero-order chi connectivity index (χ0) is 18.7. The fourth-order valence-electron chi connectivity index (χ4n) is 2.14. The van der Waals surface area contributed by atoms with E-state index in [1.54, 1.807) is 25.4 Å². The number of carbonyl (C=O) groups excluding carboxylic acids is 1. The third-order valence-electron chi connectivity index (χ3n) is 3.31. The number of anilines is 1. The van der Waals surface area contributed by atoms with E-state index in [2.05, 4.69) is 30.7 Å². The largest absolute Gasteiger partial charge is 0.328 e. The van der Waals surface area contributed by atoms with Crippen LogP contribution in [0.5, 0.6) is 0 Å². The summed E-state index contributed by atoms with van der Waals surface area (Å²) in [5.41, 5.74) is -0.100. The van der Waals surface area contributed by atoms with Gasteiger partial charge in [-0.2, -0.15) is 9.78 Å². The first-order valence-electron chi connectivity index (χ1n) is 7.35. The van der Waals surface area contributed by atoms with Crippen LogP contribution in [0, 0.1) is 5.82 Å². The van der Waals surface area contributed by atoms with Crippen molar-refractivity contribution in [2.75, 3.05) is 5.32 Å². The maximum atomic E-state index is 13.9. The van der Waals surface area contributed by atoms with Crippen LogP contribution in [-0.2, 0) is 0 Å². The molecule has 11 heteroatoms. The molecule has 1 atom stereocenters. The third kappa shape index (κ3) is 3.89. The van der Waals surface area contributed by atoms with Crippen molar-refractivity contribution in [2.24, 2.45) is 0 Å². The average molecular weight is 396 g/mol. The van der Waals surface area contributed by atoms with E-state index in [4.69, 9.17) is 23.2 Å². The molecule has 2 amide bonds. The Morgan fingerprint density at radius 3 is 2.62 bits per heavy atom. The van der Waals surface area contributed by atoms with Crippen LogP contribution >= 0.6 is 23.2 Å². The van der Waals surface area contributed by atoms with Gasteiger partial charge in [-0.3, -0.25) is 0 Å². The second-order valence-electron chi connectivity index (χ2n) is 5.15. The van der Waals surface area contributed by atoms with Gasteiger partial charge in [0.25, 0.3) is 5.95 Å². The van der Waals surface area contributed by atoms with E-state index >= 15 is 0 Å². The van der Waals surface area contributed by atoms with Crippen LogP contribution in [-0.4, -0.2) is 30.8 Å². The Balaban J connectivity index is 1.73. The molecule has 0 spiro atoms. The molecular formula is C15H12Cl2FN7O. The summed E-state index contributed by atoms with van der Waals surface area (Å²) in [6.45, 7) is 1.69. The van der Waals surface area contributed by atoms with Crippen molar-refractivity contribution in [1.82, 2.24) is 30.0 Å². The van der Waals surface area contributed by atoms with Crippen molar-refractivity contribution in [3.05, 3.63) is 58.6 Å². The summed E-state index contributed by atoms with van der Waals surface area (Å²) in [5.74, 6) is 0.00796. The predicted molar refractivity (Wildman–Crippen MR) is 93.9 cm³/mol. The summed E-state index contributed by atoms with van der Waals surface area (Å²) in [6.07, 6.45) is 4.44. The summed E-state index contributed by atoms with van der Waals surface area (Å²) in [4.78, 5) is 24.4. The summed E-state index contributed by atoms with van der Waals surface area (Å²) >= 11 is 11.6. The molecule has 0 aliphatic rings. The zero-order valence-corrected chi connectivity index (χ0v) is 14.8. The van der Waals surface area contributed by atoms with E-state index < -0.39 is 17.9 Å². The smallest absolute Gasteiger partial charge is 0.319 e. The lowest BCUT2D eigenvalue weighted by Crippen LogP contribution is -2.33. The minimum atomic E-state index is -0.706. The van der Waals surface area contributed by atoms with Crippen LogP contribution in [0.3, 0.4) is 0 Å². The summed E-state index contributed by atoms with van der Waals surface area (Å²) in [7, 11) is 0. The van der Waals surface area contributed by atoms with E-state index in [0.717, 1.165) is 6.07 Å². The molecule has 0 unspecified atom stereocenters. The standard InChI is InChI=1S/C15H12Cl2FN7O/c1-8(13-21-7-22-25(13)14-19-3-2-4-20-14)23-15(26)24-12-6-10(17)9(16)5-11(12)18/h2-8H,1H3,(H2,23,24,26)/t8-/m0/s1. The summed E-state index contributed by atoms with van der Waals surface area (Å²) < 4.78 is 15.3. The van der Waals surface area contributed by atoms with E-state index in [1.807, 2.05) is 0 Å². The molecule has 8 nitrogen and oxygen atoms in total. The Labute approximate surface area is 157 Å². The zero-order valence-electron chi connectivity index (χ0n) is 13.3. The van der Waals surface area contributed by atoms with E-state index in [1.165, 1.54) is 17.1 Å². The van der Waals surface area contributed by atoms with Gasteiger partial charge in [0.15, 0.2) is 5.82 Å². The molecule has 134 valence electrons. The SMILES string of the molecule is C[C@H](NC(=O)Nc1cc(Cl)c(Cl)cc1F)c1ncnn1-c1ncccn1. The highest BCUT2D eigenvalue weighted by molar-refractivity contribution is 6.42. The van der Waals surface area contributed by atoms with Crippen molar-refractivity contribution < 1.29 is 9.18 Å². The molecule has 0 aliphatic carbocycles. The van der Waals surface area contributed by atoms with Crippen LogP contribution in [0.15, 0.2) is 36.9 Å². The number of rotatable bonds is 4. The Bertz CT molecular complexity index is 935. The second kappa shape index (κ2) is 7.63. The van der Waals surface area contributed by atoms with E-state index in [9.17, 15) is 9.18 Å². The van der Waals surface area contributed by atoms with Gasteiger partial charge in [0, 0.05) is 12.4 Å². The molecule has 0 radical (unpaired) electrons. The Morgan fingerprint density at radius 2 is 1.88 bits per heavy atom. The lowest BCUT2D eigenvalue weighted by molar-refractivity contribution is 0.248. The van der Waals surface area contributed by atoms with Gasteiger partial charge in [-0.25, -0.2) is 24.1 Å². The van der Waals surface area contributed by atoms with Gasteiger partial charge in [0.2, 0.25) is 0 Å². The molecule has 26 heavy (non-hydrogen) atoms. The molecular weight excluding hydrogens is 384 g/mol. The quantitative estimate of drug-likeness (QED) is 0.659. The maximum Gasteiger partial charge on any atom is 0.319 e. The second-order valence-corrected chi connectivity index (χ2v) is 5.96. The molecule has 0 fully saturated rings. The van der Waals surface area contributed by atoms with Crippen molar-refractivity contribution >= 4 is 34.9 Å². The normalized spacial score (nSPS) is 11.8. The molecule has 0 aliphatic heterocycles. The minimum absolute atomic E-state index is 0.0551. The number of nitrogens with one attached hydrogen (secondary N) is 2. The molecule has 3 aromatic rings. The molecule has 0 saturated heterocycles. The van der Waals surface area contributed by atoms with Crippen LogP contribution in [0.4, 0.5) is 14.9 Å². The fraction of sp³-hybridized carbons (Fsp3) is 0.133. The number of carbonyl (C=O) groups is 1. The Morgan fingerprint density at radius 1 is 1.19 bits per heavy atom. The molecule has 2 heterocycles. The van der Waals surface area contributed by atoms with Crippen LogP contribution in [0.1, 0.15) is 18.8 Å². The lowest BCUT2D eigenvalue weighted by atomic mass is 10.3. The van der Waals surface area contributed by atoms with Gasteiger partial charge >= 0.3 is 6.03 Å². The van der Waals surface area contributed by atoms with Gasteiger partial charge < -0.3 is 10.6 Å². The monoisotopic (exact) mass is 395 g/mol. The number of halogens is 3. The Kier molecular flexibility index (Phi) is 5.29. The summed E-state index contributed by atoms with van der Waals surface area (Å²) in [5, 5.41) is 9.23. The summed E-state index contributed by atoms with van der Waals surface area (Å²) in [6, 6.07) is 2.70. The number of aromatic nitrogens is 5. The van der Waals surface area contributed by atoms with Crippen LogP contribution < -0.4 is 10.6 Å². The van der Waals surface area contributed by atoms with Gasteiger partial charge in [-0.15, -0.1) is 0 Å². The average Bonchev–Trinajstić information content (AvgIpc) is 3.10. The van der Waals surface area contributed by atoms with Gasteiger partial charge in [0.05, 0.1) is 21.8 Å². The first-order chi connectivity index (χ1) is 12.5. The van der Waals surface area contributed by atoms with Crippen LogP contribution in [0.25, 0.3) is 5.95 Å². The number of amides is 2. The molecule has 3 rings (SSSR count). The van der Waals surface area contributed by atoms with Gasteiger partial charge in [-0.1, -0.05) is 23.2 Å². The highest BCUT2D eigenvalue weighted by Gasteiger charge is 2.19. The lowest BCUT2D eigenvalue weighted by Gasteiger charge is -2.15. The fourth-order valence-corrected chi connectivity index (χ4v) is 2.45. The number of hydrogen-bond acceptors (Lipinski definition) is 5. The van der Waals surface area contributed by atoms with Crippen molar-refractivity contribution in [2.45, 2.75) is 13.0 Å². The Hall–Kier alpha value is -2.78. The van der Waals surface area contributed by atoms with Gasteiger partial charge in [0.1, 0.15) is 12.1 Å². The third-order valence-corrected chi connectivity index (χ3v) is 4.03. The van der Waals surface area contributed by atoms with Crippen LogP contribution in [0.2, 0.25) is 10.0 Å². The molecule has 2 aromatic heterocycles.